The van der Waals surface area contributed by atoms with Gasteiger partial charge in [-0.05, 0) is 99.5 Å². The number of fused-ring (bicyclic) bond motifs is 3. The minimum atomic E-state index is -0.167. The van der Waals surface area contributed by atoms with Gasteiger partial charge in [-0.3, -0.25) is 9.59 Å². The number of carbonyl (C=O) groups is 2. The fourth-order valence-electron chi connectivity index (χ4n) is 5.23. The van der Waals surface area contributed by atoms with Gasteiger partial charge in [0.05, 0.1) is 0 Å². The lowest BCUT2D eigenvalue weighted by atomic mass is 9.95. The second kappa shape index (κ2) is 9.40. The molecule has 1 aliphatic heterocycles. The zero-order valence-electron chi connectivity index (χ0n) is 19.0. The lowest BCUT2D eigenvalue weighted by Crippen LogP contribution is -2.39. The van der Waals surface area contributed by atoms with Crippen molar-refractivity contribution < 1.29 is 9.59 Å². The third-order valence-corrected chi connectivity index (χ3v) is 7.28. The van der Waals surface area contributed by atoms with Crippen LogP contribution in [0, 0.1) is 5.92 Å². The van der Waals surface area contributed by atoms with Gasteiger partial charge in [-0.1, -0.05) is 12.1 Å². The van der Waals surface area contributed by atoms with E-state index in [1.807, 2.05) is 30.3 Å². The Labute approximate surface area is 194 Å². The molecule has 6 heteroatoms. The van der Waals surface area contributed by atoms with Crippen LogP contribution < -0.4 is 11.1 Å². The summed E-state index contributed by atoms with van der Waals surface area (Å²) in [6, 6.07) is 14.1. The van der Waals surface area contributed by atoms with E-state index in [9.17, 15) is 9.59 Å². The highest BCUT2D eigenvalue weighted by atomic mass is 16.2. The Bertz CT molecular complexity index is 1160. The molecule has 2 heterocycles. The van der Waals surface area contributed by atoms with Crippen LogP contribution in [-0.4, -0.2) is 41.3 Å². The van der Waals surface area contributed by atoms with Gasteiger partial charge in [-0.15, -0.1) is 0 Å². The number of nitrogens with two attached hydrogens (primary N) is 1. The number of hydrogen-bond donors (Lipinski definition) is 3. The highest BCUT2D eigenvalue weighted by molar-refractivity contribution is 6.06. The van der Waals surface area contributed by atoms with Crippen molar-refractivity contribution in [1.29, 1.82) is 0 Å². The largest absolute Gasteiger partial charge is 0.369 e. The molecule has 0 spiro atoms. The fourth-order valence-corrected chi connectivity index (χ4v) is 5.23. The number of aryl methyl sites for hydroxylation is 2. The molecule has 0 radical (unpaired) electrons. The number of nitrogens with one attached hydrogen (secondary N) is 2. The molecule has 0 bridgehead atoms. The summed E-state index contributed by atoms with van der Waals surface area (Å²) in [7, 11) is 0. The third kappa shape index (κ3) is 4.81. The van der Waals surface area contributed by atoms with E-state index in [4.69, 9.17) is 5.73 Å². The molecule has 1 aliphatic carbocycles. The first-order valence-electron chi connectivity index (χ1n) is 12.1. The SMILES string of the molecule is NC(=O)C1CCN(CCc2ccc(NC(=O)c3ccc4[nH]c5c(c4c3)CCCC5)cc2)CC1. The molecule has 6 nitrogen and oxygen atoms in total. The number of aromatic nitrogens is 1. The van der Waals surface area contributed by atoms with Crippen LogP contribution in [0.15, 0.2) is 42.5 Å². The van der Waals surface area contributed by atoms with Gasteiger partial charge in [0.1, 0.15) is 0 Å². The maximum absolute atomic E-state index is 12.9. The Morgan fingerprint density at radius 2 is 1.79 bits per heavy atom. The first-order valence-corrected chi connectivity index (χ1v) is 12.1. The standard InChI is InChI=1S/C27H32N4O2/c28-26(32)19-12-15-31(16-13-19)14-11-18-5-8-21(9-6-18)29-27(33)20-7-10-25-23(17-20)22-3-1-2-4-24(22)30-25/h5-10,17,19,30H,1-4,11-16H2,(H2,28,32)(H,29,33). The monoisotopic (exact) mass is 444 g/mol. The van der Waals surface area contributed by atoms with Crippen LogP contribution in [-0.2, 0) is 24.1 Å². The molecule has 172 valence electrons. The van der Waals surface area contributed by atoms with Gasteiger partial charge < -0.3 is 20.9 Å². The van der Waals surface area contributed by atoms with E-state index in [1.54, 1.807) is 0 Å². The van der Waals surface area contributed by atoms with Crippen molar-refractivity contribution in [3.8, 4) is 0 Å². The van der Waals surface area contributed by atoms with Crippen molar-refractivity contribution in [3.63, 3.8) is 0 Å². The van der Waals surface area contributed by atoms with Gasteiger partial charge in [-0.25, -0.2) is 0 Å². The Balaban J connectivity index is 1.17. The number of amides is 2. The summed E-state index contributed by atoms with van der Waals surface area (Å²) < 4.78 is 0. The maximum Gasteiger partial charge on any atom is 0.255 e. The maximum atomic E-state index is 12.9. The summed E-state index contributed by atoms with van der Waals surface area (Å²) in [5.41, 5.74) is 12.0. The number of nitrogens with zero attached hydrogens (tertiary/aromatic N) is 1. The zero-order chi connectivity index (χ0) is 22.8. The average molecular weight is 445 g/mol. The Morgan fingerprint density at radius 3 is 2.55 bits per heavy atom. The number of hydrogen-bond acceptors (Lipinski definition) is 3. The minimum absolute atomic E-state index is 0.0347. The molecule has 2 amide bonds. The lowest BCUT2D eigenvalue weighted by molar-refractivity contribution is -0.123. The molecule has 0 saturated carbocycles. The van der Waals surface area contributed by atoms with E-state index in [0.717, 1.165) is 62.9 Å². The number of primary amides is 1. The van der Waals surface area contributed by atoms with Crippen LogP contribution in [0.25, 0.3) is 10.9 Å². The molecule has 1 fully saturated rings. The van der Waals surface area contributed by atoms with Crippen LogP contribution in [0.1, 0.15) is 52.9 Å². The summed E-state index contributed by atoms with van der Waals surface area (Å²) >= 11 is 0. The first kappa shape index (κ1) is 21.7. The number of rotatable bonds is 6. The zero-order valence-corrected chi connectivity index (χ0v) is 19.0. The predicted octanol–water partition coefficient (Wildman–Crippen LogP) is 4.04. The van der Waals surface area contributed by atoms with Crippen molar-refractivity contribution in [3.05, 3.63) is 64.8 Å². The van der Waals surface area contributed by atoms with Crippen LogP contribution in [0.3, 0.4) is 0 Å². The number of aromatic amines is 1. The topological polar surface area (TPSA) is 91.2 Å². The summed E-state index contributed by atoms with van der Waals surface area (Å²) in [4.78, 5) is 30.1. The van der Waals surface area contributed by atoms with Crippen molar-refractivity contribution >= 4 is 28.4 Å². The van der Waals surface area contributed by atoms with Gasteiger partial charge in [0.25, 0.3) is 5.91 Å². The Hall–Kier alpha value is -3.12. The van der Waals surface area contributed by atoms with Gasteiger partial charge in [0, 0.05) is 40.3 Å². The molecule has 0 unspecified atom stereocenters. The lowest BCUT2D eigenvalue weighted by Gasteiger charge is -2.30. The predicted molar refractivity (Wildman–Crippen MR) is 131 cm³/mol. The number of piperidine rings is 1. The van der Waals surface area contributed by atoms with E-state index in [-0.39, 0.29) is 17.7 Å². The molecule has 33 heavy (non-hydrogen) atoms. The van der Waals surface area contributed by atoms with Gasteiger partial charge >= 0.3 is 0 Å². The summed E-state index contributed by atoms with van der Waals surface area (Å²) in [5.74, 6) is -0.208. The molecular formula is C27H32N4O2. The molecule has 2 aliphatic rings. The molecule has 2 aromatic carbocycles. The number of likely N-dealkylation sites (tertiary alicyclic amines) is 1. The second-order valence-electron chi connectivity index (χ2n) is 9.47. The highest BCUT2D eigenvalue weighted by Crippen LogP contribution is 2.30. The minimum Gasteiger partial charge on any atom is -0.369 e. The van der Waals surface area contributed by atoms with Crippen LogP contribution in [0.4, 0.5) is 5.69 Å². The molecular weight excluding hydrogens is 412 g/mol. The van der Waals surface area contributed by atoms with E-state index >= 15 is 0 Å². The summed E-state index contributed by atoms with van der Waals surface area (Å²) in [6.07, 6.45) is 7.31. The second-order valence-corrected chi connectivity index (χ2v) is 9.47. The van der Waals surface area contributed by atoms with Gasteiger partial charge in [0.2, 0.25) is 5.91 Å². The highest BCUT2D eigenvalue weighted by Gasteiger charge is 2.22. The molecule has 3 aromatic rings. The molecule has 1 aromatic heterocycles. The van der Waals surface area contributed by atoms with E-state index in [2.05, 4.69) is 27.3 Å². The van der Waals surface area contributed by atoms with Crippen molar-refractivity contribution in [2.45, 2.75) is 44.9 Å². The molecule has 4 N–H and O–H groups in total. The number of anilines is 1. The van der Waals surface area contributed by atoms with Crippen molar-refractivity contribution in [2.24, 2.45) is 11.7 Å². The molecule has 5 rings (SSSR count). The fraction of sp³-hybridized carbons (Fsp3) is 0.407. The molecule has 1 saturated heterocycles. The average Bonchev–Trinajstić information content (AvgIpc) is 3.22. The number of H-pyrrole nitrogens is 1. The normalized spacial score (nSPS) is 17.1. The summed E-state index contributed by atoms with van der Waals surface area (Å²) in [6.45, 7) is 2.82. The third-order valence-electron chi connectivity index (χ3n) is 7.28. The van der Waals surface area contributed by atoms with E-state index in [1.165, 1.54) is 35.0 Å². The Morgan fingerprint density at radius 1 is 1.03 bits per heavy atom. The number of carbonyl (C=O) groups excluding carboxylic acids is 2. The first-order chi connectivity index (χ1) is 16.1. The Kier molecular flexibility index (Phi) is 6.18. The smallest absolute Gasteiger partial charge is 0.255 e. The van der Waals surface area contributed by atoms with Crippen molar-refractivity contribution in [2.75, 3.05) is 25.0 Å². The van der Waals surface area contributed by atoms with Crippen LogP contribution in [0.5, 0.6) is 0 Å². The molecule has 0 atom stereocenters. The van der Waals surface area contributed by atoms with Gasteiger partial charge in [-0.2, -0.15) is 0 Å². The quantitative estimate of drug-likeness (QED) is 0.536. The summed E-state index contributed by atoms with van der Waals surface area (Å²) in [5, 5.41) is 4.23. The van der Waals surface area contributed by atoms with E-state index < -0.39 is 0 Å². The van der Waals surface area contributed by atoms with E-state index in [0.29, 0.717) is 5.56 Å². The number of benzene rings is 2. The van der Waals surface area contributed by atoms with Crippen LogP contribution >= 0.6 is 0 Å². The van der Waals surface area contributed by atoms with Crippen molar-refractivity contribution in [1.82, 2.24) is 9.88 Å². The van der Waals surface area contributed by atoms with Crippen LogP contribution in [0.2, 0.25) is 0 Å². The van der Waals surface area contributed by atoms with Gasteiger partial charge in [0.15, 0.2) is 0 Å².